The Morgan fingerprint density at radius 3 is 1.36 bits per heavy atom. The lowest BCUT2D eigenvalue weighted by Crippen LogP contribution is -2.14. The molecule has 47 heteroatoms. The van der Waals surface area contributed by atoms with Gasteiger partial charge in [-0.15, -0.1) is 23.1 Å². The molecule has 0 fully saturated rings. The lowest BCUT2D eigenvalue weighted by molar-refractivity contribution is -0.140. The molecule has 36 nitrogen and oxygen atoms in total. The van der Waals surface area contributed by atoms with E-state index < -0.39 is 15.0 Å². The van der Waals surface area contributed by atoms with Crippen molar-refractivity contribution in [1.29, 1.82) is 5.41 Å². The quantitative estimate of drug-likeness (QED) is 0.00455. The van der Waals surface area contributed by atoms with Crippen LogP contribution in [0.2, 0.25) is 15.5 Å². The van der Waals surface area contributed by atoms with E-state index in [0.717, 1.165) is 6.26 Å². The summed E-state index contributed by atoms with van der Waals surface area (Å²) in [7, 11) is 11.0. The third-order valence-corrected chi connectivity index (χ3v) is 13.1. The molecule has 6 aromatic heterocycles. The minimum absolute atomic E-state index is 0.0158. The summed E-state index contributed by atoms with van der Waals surface area (Å²) in [5, 5.41) is 18.7. The van der Waals surface area contributed by atoms with E-state index in [1.807, 2.05) is 86.3 Å². The molecule has 0 unspecified atom stereocenters. The third-order valence-electron chi connectivity index (χ3n) is 9.87. The number of halogens is 6. The van der Waals surface area contributed by atoms with Crippen molar-refractivity contribution in [2.75, 3.05) is 118 Å². The van der Waals surface area contributed by atoms with Gasteiger partial charge in [-0.2, -0.15) is 9.97 Å². The molecular weight excluding hydrogens is 1670 g/mol. The lowest BCUT2D eigenvalue weighted by Gasteiger charge is -2.12. The second kappa shape index (κ2) is 69.9. The standard InChI is InChI=1S/C9H12N4O.C9H16N4O.C8H11N.C6H4ClN3O.C6H7ClN2O3S.C6H7ClN2OS.C6H8N2O2S.C4H8O2.C3H9N.C3H6O2.C2H6N2S.C2H6O.Cl3OP/c1-6(2)12-8-7(14-4)5-11-9(10-3)13-8;1-6(2)12-9-7(14-3)5-11-8(4-10)13-9;1-9(2)8-6-4-3-5-7-8;1-8-6-9-3-4(11-2)5(7)10-6;1-12-4-3-8-6(9-5(4)7)13(2,10)11;1-10-4-3-8-6(11-2)9-5(4)7;1-10-4-3-7-6(11-2)8-5(4)9;1-3-4(5)6-2;1-3(2)4;1-2-5-3-4;1-5-2(3)4;1-2-3;1-5(2,3)4/h5-6H,1-2,4H3,(H,11,12,13);5-6H,4,10H2,1-3H3,(H,11,12,13);3-7H,1-2H3;3H,2H3;3H,1-2H3;3H,1-2H3;3H,1-2H3,(H,7,8,9);3H2,1-2H3;3H,4H2,1-2H3;3H,2H2,1H3;1H3,(H3,3,4);3H,2H2,1H3;. The van der Waals surface area contributed by atoms with Crippen molar-refractivity contribution in [2.24, 2.45) is 17.2 Å². The van der Waals surface area contributed by atoms with Gasteiger partial charge in [-0.3, -0.25) is 29.3 Å². The van der Waals surface area contributed by atoms with Gasteiger partial charge in [0.15, 0.2) is 48.9 Å². The van der Waals surface area contributed by atoms with Gasteiger partial charge in [0.05, 0.1) is 87.7 Å². The van der Waals surface area contributed by atoms with Crippen molar-refractivity contribution in [3.05, 3.63) is 122 Å². The third kappa shape index (κ3) is 64.2. The average Bonchev–Trinajstić information content (AvgIpc) is 0.842. The largest absolute Gasteiger partial charge is 0.492 e. The number of aromatic amines is 1. The van der Waals surface area contributed by atoms with Crippen molar-refractivity contribution >= 4 is 166 Å². The number of aromatic nitrogens is 12. The first-order chi connectivity index (χ1) is 52.1. The molecule has 0 aliphatic rings. The number of hydrogen-bond acceptors (Lipinski definition) is 35. The molecule has 111 heavy (non-hydrogen) atoms. The van der Waals surface area contributed by atoms with Crippen LogP contribution in [0.3, 0.4) is 0 Å². The van der Waals surface area contributed by atoms with E-state index in [9.17, 15) is 27.4 Å². The lowest BCUT2D eigenvalue weighted by atomic mass is 10.3. The van der Waals surface area contributed by atoms with E-state index in [1.165, 1.54) is 101 Å². The molecule has 0 aliphatic carbocycles. The maximum absolute atomic E-state index is 11.0. The molecule has 0 radical (unpaired) electrons. The molecule has 0 saturated carbocycles. The Labute approximate surface area is 691 Å². The number of carbonyl (C=O) groups is 2. The van der Waals surface area contributed by atoms with Gasteiger partial charge in [0.25, 0.3) is 12.0 Å². The number of amidine groups is 1. The first-order valence-electron chi connectivity index (χ1n) is 31.2. The SMILES string of the molecule is CC(C)N.CCC(=O)OC.CCO.CCOC=O.CN(C)c1ccccc1.COc1cnc(CN)nc1NC(C)C.COc1cnc(S(C)(=O)=O)nc1Cl.COc1cnc(SC)[nH]c1=O.COc1cnc(SC)nc1Cl.CSC(=N)N.O=P(Cl)(Cl)Cl.[C-]#[N+]c1ncc(OC)c(Cl)n1.[C-]#[N+]c1ncc(OC)c(NC(C)C)n1. The smallest absolute Gasteiger partial charge is 0.373 e. The van der Waals surface area contributed by atoms with Gasteiger partial charge < -0.3 is 85.4 Å². The summed E-state index contributed by atoms with van der Waals surface area (Å²) in [4.78, 5) is 83.2. The normalized spacial score (nSPS) is 9.44. The number of nitrogens with two attached hydrogens (primary N) is 3. The number of aliphatic hydroxyl groups excluding tert-OH is 1. The number of nitrogens with zero attached hydrogens (tertiary/aromatic N) is 14. The number of para-hydroxylation sites is 1. The maximum atomic E-state index is 11.0. The number of rotatable bonds is 18. The van der Waals surface area contributed by atoms with Crippen molar-refractivity contribution in [1.82, 2.24) is 59.8 Å². The van der Waals surface area contributed by atoms with Crippen LogP contribution in [0.5, 0.6) is 34.5 Å². The summed E-state index contributed by atoms with van der Waals surface area (Å²) >= 11 is 34.8. The van der Waals surface area contributed by atoms with E-state index in [0.29, 0.717) is 94.1 Å². The van der Waals surface area contributed by atoms with Crippen LogP contribution in [0.15, 0.2) is 87.8 Å². The highest BCUT2D eigenvalue weighted by atomic mass is 36.0. The molecule has 1 aromatic carbocycles. The molecule has 0 aliphatic heterocycles. The number of ether oxygens (including phenoxy) is 8. The van der Waals surface area contributed by atoms with Gasteiger partial charge in [-0.25, -0.2) is 43.3 Å². The van der Waals surface area contributed by atoms with Crippen molar-refractivity contribution in [2.45, 2.75) is 109 Å². The number of sulfone groups is 1. The maximum Gasteiger partial charge on any atom is 0.373 e. The molecule has 0 atom stereocenters. The first kappa shape index (κ1) is 114. The molecule has 0 saturated heterocycles. The Kier molecular flexibility index (Phi) is 71.6. The van der Waals surface area contributed by atoms with E-state index in [1.54, 1.807) is 53.6 Å². The molecule has 7 rings (SSSR count). The van der Waals surface area contributed by atoms with Crippen molar-refractivity contribution < 1.29 is 65.6 Å². The van der Waals surface area contributed by atoms with Crippen LogP contribution < -0.4 is 66.7 Å². The molecule has 7 aromatic rings. The number of thioether (sulfide) groups is 3. The minimum atomic E-state index is -3.41. The Morgan fingerprint density at radius 1 is 0.685 bits per heavy atom. The molecule has 0 bridgehead atoms. The Morgan fingerprint density at radius 2 is 1.07 bits per heavy atom. The molecule has 0 amide bonds. The zero-order chi connectivity index (χ0) is 86.8. The van der Waals surface area contributed by atoms with Gasteiger partial charge >= 0.3 is 23.1 Å². The predicted molar refractivity (Wildman–Crippen MR) is 447 cm³/mol. The fourth-order valence-electron chi connectivity index (χ4n) is 5.28. The van der Waals surface area contributed by atoms with Gasteiger partial charge in [-0.05, 0) is 124 Å². The fraction of sp³-hybridized carbons (Fsp3) is 0.453. The summed E-state index contributed by atoms with van der Waals surface area (Å²) in [5.74, 6) is 4.39. The summed E-state index contributed by atoms with van der Waals surface area (Å²) in [6.07, 6.45) is 15.6. The molecule has 6 heterocycles. The highest BCUT2D eigenvalue weighted by molar-refractivity contribution is 8.24. The number of hydrogen-bond donors (Lipinski definition) is 8. The first-order valence-corrected chi connectivity index (χ1v) is 42.4. The molecule has 11 N–H and O–H groups in total. The molecule has 0 spiro atoms. The minimum Gasteiger partial charge on any atom is -0.492 e. The summed E-state index contributed by atoms with van der Waals surface area (Å²) in [5.41, 5.74) is 16.4. The zero-order valence-electron chi connectivity index (χ0n) is 65.5. The molecule has 622 valence electrons. The van der Waals surface area contributed by atoms with Gasteiger partial charge in [0.1, 0.15) is 18.2 Å². The summed E-state index contributed by atoms with van der Waals surface area (Å²) in [6.45, 7) is 32.0. The van der Waals surface area contributed by atoms with Gasteiger partial charge in [-0.1, -0.05) is 97.5 Å². The van der Waals surface area contributed by atoms with Crippen LogP contribution in [0.25, 0.3) is 9.69 Å². The van der Waals surface area contributed by atoms with Gasteiger partial charge in [0.2, 0.25) is 43.2 Å². The second-order valence-corrected chi connectivity index (χ2v) is 31.9. The highest BCUT2D eigenvalue weighted by Gasteiger charge is 2.15. The van der Waals surface area contributed by atoms with Crippen LogP contribution in [0.1, 0.15) is 74.6 Å². The number of esters is 1. The van der Waals surface area contributed by atoms with Gasteiger partial charge in [0, 0.05) is 51.1 Å². The predicted octanol–water partition coefficient (Wildman–Crippen LogP) is 13.1. The van der Waals surface area contributed by atoms with Crippen LogP contribution in [0, 0.1) is 18.6 Å². The van der Waals surface area contributed by atoms with Crippen LogP contribution >= 0.6 is 109 Å². The van der Waals surface area contributed by atoms with Crippen molar-refractivity contribution in [3.8, 4) is 34.5 Å². The van der Waals surface area contributed by atoms with Crippen LogP contribution in [-0.4, -0.2) is 211 Å². The van der Waals surface area contributed by atoms with Crippen molar-refractivity contribution in [3.63, 3.8) is 0 Å². The van der Waals surface area contributed by atoms with Crippen LogP contribution in [0.4, 0.5) is 29.2 Å². The van der Waals surface area contributed by atoms with Crippen LogP contribution in [-0.2, 0) is 40.0 Å². The Hall–Kier alpha value is -8.06. The Bertz CT molecular complexity index is 3990. The van der Waals surface area contributed by atoms with E-state index in [4.69, 9.17) is 104 Å². The topological polar surface area (TPSA) is 492 Å². The van der Waals surface area contributed by atoms with E-state index in [2.05, 4.69) is 140 Å². The number of methoxy groups -OCH3 is 7. The highest BCUT2D eigenvalue weighted by Crippen LogP contribution is 2.61. The number of nitrogens with one attached hydrogen (secondary N) is 4. The number of anilines is 3. The number of benzene rings is 1. The zero-order valence-corrected chi connectivity index (χ0v) is 74.2. The number of carbonyl (C=O) groups excluding carboxylic acids is 2. The fourth-order valence-corrected chi connectivity index (χ4v) is 7.19. The number of H-pyrrole nitrogens is 1. The molecular formula is C64H100Cl6N21O15PS4. The van der Waals surface area contributed by atoms with E-state index >= 15 is 0 Å². The average molecular weight is 1780 g/mol. The van der Waals surface area contributed by atoms with E-state index in [-0.39, 0.29) is 68.2 Å². The monoisotopic (exact) mass is 1770 g/mol. The summed E-state index contributed by atoms with van der Waals surface area (Å²) in [6, 6.07) is 11.1. The Balaban J connectivity index is -0.000000275. The number of aliphatic hydroxyl groups is 1. The summed E-state index contributed by atoms with van der Waals surface area (Å²) < 4.78 is 69.2. The second-order valence-electron chi connectivity index (χ2n) is 19.9.